The van der Waals surface area contributed by atoms with Crippen molar-refractivity contribution in [2.24, 2.45) is 5.92 Å². The zero-order valence-corrected chi connectivity index (χ0v) is 17.4. The van der Waals surface area contributed by atoms with Crippen LogP contribution >= 0.6 is 0 Å². The van der Waals surface area contributed by atoms with Gasteiger partial charge in [0.25, 0.3) is 0 Å². The largest absolute Gasteiger partial charge is 1.00 e. The number of hydrogen-bond donors (Lipinski definition) is 0. The van der Waals surface area contributed by atoms with Crippen molar-refractivity contribution in [1.82, 2.24) is 4.90 Å². The van der Waals surface area contributed by atoms with Gasteiger partial charge in [-0.05, 0) is 45.2 Å². The summed E-state index contributed by atoms with van der Waals surface area (Å²) in [5, 5.41) is 14.9. The van der Waals surface area contributed by atoms with Crippen LogP contribution in [0.5, 0.6) is 0 Å². The number of nitrogens with zero attached hydrogens (tertiary/aromatic N) is 3. The molecule has 3 aliphatic rings. The SMILES string of the molecule is CC(C)[N-]C(C)C.CCOC(=O)C1(CC[N+](=O)[O-])CC2CCN1CC2.[Li+]. The topological polar surface area (TPSA) is 86.8 Å². The minimum atomic E-state index is -0.732. The average Bonchev–Trinajstić information content (AvgIpc) is 2.53. The number of ether oxygens (including phenoxy) is 1. The van der Waals surface area contributed by atoms with Crippen molar-refractivity contribution >= 4 is 5.97 Å². The first-order chi connectivity index (χ1) is 11.7. The molecule has 0 spiro atoms. The van der Waals surface area contributed by atoms with Crippen LogP contribution in [0, 0.1) is 16.0 Å². The van der Waals surface area contributed by atoms with Gasteiger partial charge in [0, 0.05) is 11.3 Å². The zero-order valence-electron chi connectivity index (χ0n) is 17.4. The molecule has 8 heteroatoms. The Labute approximate surface area is 169 Å². The van der Waals surface area contributed by atoms with Crippen molar-refractivity contribution < 1.29 is 33.3 Å². The summed E-state index contributed by atoms with van der Waals surface area (Å²) in [7, 11) is 0. The maximum Gasteiger partial charge on any atom is 1.00 e. The van der Waals surface area contributed by atoms with Crippen LogP contribution in [-0.4, -0.2) is 59.7 Å². The van der Waals surface area contributed by atoms with E-state index in [1.54, 1.807) is 6.92 Å². The number of carbonyl (C=O) groups excluding carboxylic acids is 1. The second-order valence-corrected chi connectivity index (χ2v) is 7.53. The molecule has 0 saturated carbocycles. The van der Waals surface area contributed by atoms with Gasteiger partial charge in [-0.2, -0.15) is 0 Å². The molecule has 0 aromatic carbocycles. The van der Waals surface area contributed by atoms with Crippen molar-refractivity contribution in [2.75, 3.05) is 26.2 Å². The Balaban J connectivity index is 0.000000673. The minimum absolute atomic E-state index is 0. The van der Waals surface area contributed by atoms with Crippen LogP contribution in [-0.2, 0) is 9.53 Å². The van der Waals surface area contributed by atoms with E-state index in [4.69, 9.17) is 4.74 Å². The molecule has 0 amide bonds. The third-order valence-corrected chi connectivity index (χ3v) is 4.81. The summed E-state index contributed by atoms with van der Waals surface area (Å²) in [5.41, 5.74) is -0.732. The van der Waals surface area contributed by atoms with Gasteiger partial charge >= 0.3 is 24.8 Å². The Bertz CT molecular complexity index is 434. The monoisotopic (exact) mass is 363 g/mol. The molecule has 26 heavy (non-hydrogen) atoms. The number of carbonyl (C=O) groups is 1. The Morgan fingerprint density at radius 3 is 2.12 bits per heavy atom. The second-order valence-electron chi connectivity index (χ2n) is 7.53. The molecular formula is C18H34LiN3O4. The minimum Gasteiger partial charge on any atom is -0.658 e. The molecule has 3 heterocycles. The first-order valence-corrected chi connectivity index (χ1v) is 9.45. The van der Waals surface area contributed by atoms with Crippen molar-refractivity contribution in [3.63, 3.8) is 0 Å². The van der Waals surface area contributed by atoms with Crippen molar-refractivity contribution in [3.8, 4) is 0 Å². The summed E-state index contributed by atoms with van der Waals surface area (Å²) in [6.07, 6.45) is 3.19. The second kappa shape index (κ2) is 12.0. The van der Waals surface area contributed by atoms with Gasteiger partial charge in [0.1, 0.15) is 5.54 Å². The average molecular weight is 363 g/mol. The number of esters is 1. The molecule has 0 aliphatic carbocycles. The van der Waals surface area contributed by atoms with Crippen LogP contribution in [0.3, 0.4) is 0 Å². The summed E-state index contributed by atoms with van der Waals surface area (Å²) in [4.78, 5) is 24.6. The summed E-state index contributed by atoms with van der Waals surface area (Å²) >= 11 is 0. The van der Waals surface area contributed by atoms with Gasteiger partial charge < -0.3 is 10.1 Å². The normalized spacial score (nSPS) is 26.7. The third-order valence-electron chi connectivity index (χ3n) is 4.81. The molecule has 146 valence electrons. The van der Waals surface area contributed by atoms with E-state index in [1.165, 1.54) is 0 Å². The first kappa shape index (κ1) is 25.4. The summed E-state index contributed by atoms with van der Waals surface area (Å²) in [6.45, 7) is 12.1. The predicted octanol–water partition coefficient (Wildman–Crippen LogP) is 0.252. The fourth-order valence-electron chi connectivity index (χ4n) is 3.88. The van der Waals surface area contributed by atoms with Crippen molar-refractivity contribution in [1.29, 1.82) is 0 Å². The maximum absolute atomic E-state index is 12.2. The quantitative estimate of drug-likeness (QED) is 0.280. The molecule has 7 nitrogen and oxygen atoms in total. The predicted molar refractivity (Wildman–Crippen MR) is 98.4 cm³/mol. The van der Waals surface area contributed by atoms with Crippen LogP contribution in [0.4, 0.5) is 0 Å². The van der Waals surface area contributed by atoms with Gasteiger partial charge in [0.05, 0.1) is 6.61 Å². The molecule has 1 atom stereocenters. The summed E-state index contributed by atoms with van der Waals surface area (Å²) in [6, 6.07) is 1.000. The van der Waals surface area contributed by atoms with Crippen LogP contribution in [0.15, 0.2) is 0 Å². The van der Waals surface area contributed by atoms with Crippen LogP contribution < -0.4 is 18.9 Å². The van der Waals surface area contributed by atoms with Crippen molar-refractivity contribution in [3.05, 3.63) is 15.4 Å². The number of fused-ring (bicyclic) bond motifs is 3. The molecule has 1 unspecified atom stereocenters. The van der Waals surface area contributed by atoms with Gasteiger partial charge in [-0.1, -0.05) is 27.7 Å². The fourth-order valence-corrected chi connectivity index (χ4v) is 3.88. The maximum atomic E-state index is 12.2. The Morgan fingerprint density at radius 1 is 1.27 bits per heavy atom. The number of hydrogen-bond acceptors (Lipinski definition) is 5. The van der Waals surface area contributed by atoms with Crippen LogP contribution in [0.1, 0.15) is 60.3 Å². The molecule has 0 aromatic rings. The third kappa shape index (κ3) is 7.56. The summed E-state index contributed by atoms with van der Waals surface area (Å²) in [5.74, 6) is 0.252. The van der Waals surface area contributed by atoms with E-state index in [9.17, 15) is 14.9 Å². The Hall–Kier alpha value is -0.613. The number of piperidine rings is 3. The number of nitro groups is 1. The van der Waals surface area contributed by atoms with Crippen LogP contribution in [0.25, 0.3) is 5.32 Å². The molecule has 0 radical (unpaired) electrons. The molecule has 0 N–H and O–H groups in total. The molecule has 3 aliphatic heterocycles. The number of rotatable bonds is 7. The Morgan fingerprint density at radius 2 is 1.81 bits per heavy atom. The molecular weight excluding hydrogens is 329 g/mol. The van der Waals surface area contributed by atoms with Gasteiger partial charge in [-0.25, -0.2) is 0 Å². The van der Waals surface area contributed by atoms with Gasteiger partial charge in [0.2, 0.25) is 6.54 Å². The van der Waals surface area contributed by atoms with Gasteiger partial charge in [-0.15, -0.1) is 12.1 Å². The fraction of sp³-hybridized carbons (Fsp3) is 0.944. The first-order valence-electron chi connectivity index (χ1n) is 9.45. The van der Waals surface area contributed by atoms with E-state index in [0.717, 1.165) is 32.4 Å². The Kier molecular flexibility index (Phi) is 11.7. The van der Waals surface area contributed by atoms with E-state index in [1.807, 2.05) is 0 Å². The smallest absolute Gasteiger partial charge is 0.658 e. The van der Waals surface area contributed by atoms with E-state index in [2.05, 4.69) is 37.9 Å². The van der Waals surface area contributed by atoms with E-state index in [0.29, 0.717) is 24.6 Å². The van der Waals surface area contributed by atoms with Gasteiger partial charge in [-0.3, -0.25) is 19.8 Å². The molecule has 3 saturated heterocycles. The summed E-state index contributed by atoms with van der Waals surface area (Å²) < 4.78 is 5.17. The van der Waals surface area contributed by atoms with Gasteiger partial charge in [0.15, 0.2) is 0 Å². The van der Waals surface area contributed by atoms with Crippen LogP contribution in [0.2, 0.25) is 0 Å². The van der Waals surface area contributed by atoms with E-state index < -0.39 is 5.54 Å². The zero-order chi connectivity index (χ0) is 19.0. The van der Waals surface area contributed by atoms with Crippen molar-refractivity contribution in [2.45, 2.75) is 77.9 Å². The van der Waals surface area contributed by atoms with E-state index >= 15 is 0 Å². The molecule has 0 aromatic heterocycles. The molecule has 3 rings (SSSR count). The molecule has 2 bridgehead atoms. The van der Waals surface area contributed by atoms with E-state index in [-0.39, 0.29) is 42.7 Å². The standard InChI is InChI=1S/C12H20N2O4.C6H14N.Li/c1-2-18-11(15)12(5-8-14(16)17)9-10-3-6-13(12)7-4-10;1-5(2)7-6(3)4;/h10H,2-9H2,1H3;5-6H,1-4H3;/q;-1;+1. The molecule has 3 fully saturated rings.